The van der Waals surface area contributed by atoms with Crippen molar-refractivity contribution >= 4 is 11.3 Å². The van der Waals surface area contributed by atoms with Crippen molar-refractivity contribution in [3.05, 3.63) is 21.4 Å². The zero-order valence-electron chi connectivity index (χ0n) is 8.72. The summed E-state index contributed by atoms with van der Waals surface area (Å²) in [7, 11) is 0. The number of nitrogens with two attached hydrogens (primary N) is 1. The Bertz CT molecular complexity index is 357. The van der Waals surface area contributed by atoms with E-state index in [-0.39, 0.29) is 0 Å². The Morgan fingerprint density at radius 3 is 2.73 bits per heavy atom. The summed E-state index contributed by atoms with van der Waals surface area (Å²) in [4.78, 5) is 1.26. The molecule has 1 heterocycles. The molecule has 0 fully saturated rings. The number of halogens is 2. The molecule has 1 atom stereocenters. The molecule has 0 aliphatic heterocycles. The van der Waals surface area contributed by atoms with Crippen LogP contribution in [0.1, 0.15) is 35.8 Å². The largest absolute Gasteiger partial charge is 0.317 e. The normalized spacial score (nSPS) is 20.1. The van der Waals surface area contributed by atoms with Gasteiger partial charge in [0.1, 0.15) is 5.54 Å². The number of rotatable bonds is 2. The highest BCUT2D eigenvalue weighted by atomic mass is 32.1. The Hall–Kier alpha value is -0.480. The van der Waals surface area contributed by atoms with Gasteiger partial charge in [0, 0.05) is 4.88 Å². The monoisotopic (exact) mass is 231 g/mol. The summed E-state index contributed by atoms with van der Waals surface area (Å²) in [6, 6.07) is 0. The molecule has 0 amide bonds. The molecule has 0 saturated carbocycles. The lowest BCUT2D eigenvalue weighted by Crippen LogP contribution is -2.41. The van der Waals surface area contributed by atoms with Crippen molar-refractivity contribution in [2.75, 3.05) is 0 Å². The number of fused-ring (bicyclic) bond motifs is 1. The van der Waals surface area contributed by atoms with Crippen LogP contribution in [0.4, 0.5) is 8.78 Å². The third kappa shape index (κ3) is 1.81. The molecule has 1 unspecified atom stereocenters. The van der Waals surface area contributed by atoms with Crippen LogP contribution in [0, 0.1) is 0 Å². The molecule has 2 N–H and O–H groups in total. The molecule has 84 valence electrons. The minimum absolute atomic E-state index is 0.664. The van der Waals surface area contributed by atoms with E-state index in [1.807, 2.05) is 5.38 Å². The fourth-order valence-electron chi connectivity index (χ4n) is 2.06. The van der Waals surface area contributed by atoms with Crippen LogP contribution in [0.5, 0.6) is 0 Å². The van der Waals surface area contributed by atoms with Gasteiger partial charge < -0.3 is 5.73 Å². The smallest absolute Gasteiger partial charge is 0.260 e. The highest BCUT2D eigenvalue weighted by molar-refractivity contribution is 7.10. The summed E-state index contributed by atoms with van der Waals surface area (Å²) in [5.74, 6) is 0. The highest BCUT2D eigenvalue weighted by Gasteiger charge is 2.36. The van der Waals surface area contributed by atoms with Crippen LogP contribution in [0.15, 0.2) is 5.38 Å². The van der Waals surface area contributed by atoms with Gasteiger partial charge in [-0.1, -0.05) is 0 Å². The maximum Gasteiger partial charge on any atom is 0.260 e. The molecular weight excluding hydrogens is 216 g/mol. The second kappa shape index (κ2) is 3.83. The Labute approximate surface area is 92.3 Å². The topological polar surface area (TPSA) is 26.0 Å². The summed E-state index contributed by atoms with van der Waals surface area (Å²) in [5.41, 5.74) is 5.98. The van der Waals surface area contributed by atoms with E-state index >= 15 is 0 Å². The second-order valence-corrected chi connectivity index (χ2v) is 5.31. The minimum Gasteiger partial charge on any atom is -0.317 e. The lowest BCUT2D eigenvalue weighted by molar-refractivity contribution is 0.0622. The first-order chi connectivity index (χ1) is 7.03. The Morgan fingerprint density at radius 2 is 2.07 bits per heavy atom. The van der Waals surface area contributed by atoms with Crippen LogP contribution in [0.2, 0.25) is 0 Å². The van der Waals surface area contributed by atoms with Crippen molar-refractivity contribution in [1.29, 1.82) is 0 Å². The maximum atomic E-state index is 12.8. The van der Waals surface area contributed by atoms with E-state index in [0.29, 0.717) is 5.56 Å². The molecule has 4 heteroatoms. The molecule has 0 bridgehead atoms. The van der Waals surface area contributed by atoms with Gasteiger partial charge in [-0.2, -0.15) is 0 Å². The Kier molecular flexibility index (Phi) is 2.81. The molecule has 2 rings (SSSR count). The first kappa shape index (κ1) is 11.0. The van der Waals surface area contributed by atoms with Crippen LogP contribution < -0.4 is 5.73 Å². The first-order valence-electron chi connectivity index (χ1n) is 5.20. The SMILES string of the molecule is CC(N)(c1csc2c1CCCC2)C(F)F. The molecule has 0 radical (unpaired) electrons. The number of hydrogen-bond acceptors (Lipinski definition) is 2. The minimum atomic E-state index is -2.50. The highest BCUT2D eigenvalue weighted by Crippen LogP contribution is 2.37. The molecule has 0 saturated heterocycles. The van der Waals surface area contributed by atoms with Gasteiger partial charge in [-0.05, 0) is 49.1 Å². The van der Waals surface area contributed by atoms with E-state index in [0.717, 1.165) is 24.8 Å². The fraction of sp³-hybridized carbons (Fsp3) is 0.636. The molecular formula is C11H15F2NS. The van der Waals surface area contributed by atoms with E-state index in [1.54, 1.807) is 11.3 Å². The van der Waals surface area contributed by atoms with E-state index < -0.39 is 12.0 Å². The van der Waals surface area contributed by atoms with Crippen LogP contribution in [0.25, 0.3) is 0 Å². The van der Waals surface area contributed by atoms with E-state index in [2.05, 4.69) is 0 Å². The van der Waals surface area contributed by atoms with Crippen molar-refractivity contribution in [1.82, 2.24) is 0 Å². The molecule has 1 aliphatic rings. The Balaban J connectivity index is 2.40. The number of hydrogen-bond donors (Lipinski definition) is 1. The maximum absolute atomic E-state index is 12.8. The summed E-state index contributed by atoms with van der Waals surface area (Å²) >= 11 is 1.58. The predicted octanol–water partition coefficient (Wildman–Crippen LogP) is 3.07. The standard InChI is InChI=1S/C11H15F2NS/c1-11(14,10(12)13)8-6-15-9-5-3-2-4-7(8)9/h6,10H,2-5,14H2,1H3. The van der Waals surface area contributed by atoms with Crippen molar-refractivity contribution in [3.63, 3.8) is 0 Å². The molecule has 1 aromatic rings. The van der Waals surface area contributed by atoms with E-state index in [1.165, 1.54) is 18.2 Å². The average molecular weight is 231 g/mol. The van der Waals surface area contributed by atoms with Crippen molar-refractivity contribution in [3.8, 4) is 0 Å². The zero-order valence-corrected chi connectivity index (χ0v) is 9.54. The van der Waals surface area contributed by atoms with Crippen LogP contribution in [-0.4, -0.2) is 6.43 Å². The van der Waals surface area contributed by atoms with Crippen molar-refractivity contribution in [2.24, 2.45) is 5.73 Å². The number of aryl methyl sites for hydroxylation is 1. The van der Waals surface area contributed by atoms with Gasteiger partial charge in [0.05, 0.1) is 0 Å². The van der Waals surface area contributed by atoms with E-state index in [4.69, 9.17) is 5.73 Å². The summed E-state index contributed by atoms with van der Waals surface area (Å²) in [5, 5.41) is 1.82. The molecule has 1 aliphatic carbocycles. The van der Waals surface area contributed by atoms with Gasteiger partial charge >= 0.3 is 0 Å². The average Bonchev–Trinajstić information content (AvgIpc) is 2.61. The molecule has 1 nitrogen and oxygen atoms in total. The number of thiophene rings is 1. The lowest BCUT2D eigenvalue weighted by atomic mass is 9.87. The van der Waals surface area contributed by atoms with Crippen molar-refractivity contribution in [2.45, 2.75) is 44.6 Å². The van der Waals surface area contributed by atoms with Gasteiger partial charge in [0.15, 0.2) is 0 Å². The van der Waals surface area contributed by atoms with Crippen LogP contribution in [0.3, 0.4) is 0 Å². The summed E-state index contributed by atoms with van der Waals surface area (Å²) in [6.07, 6.45) is 1.70. The molecule has 0 aromatic carbocycles. The van der Waals surface area contributed by atoms with E-state index in [9.17, 15) is 8.78 Å². The quantitative estimate of drug-likeness (QED) is 0.831. The number of alkyl halides is 2. The van der Waals surface area contributed by atoms with Crippen molar-refractivity contribution < 1.29 is 8.78 Å². The van der Waals surface area contributed by atoms with Crippen LogP contribution >= 0.6 is 11.3 Å². The van der Waals surface area contributed by atoms with Gasteiger partial charge in [-0.3, -0.25) is 0 Å². The van der Waals surface area contributed by atoms with Gasteiger partial charge in [-0.15, -0.1) is 11.3 Å². The lowest BCUT2D eigenvalue weighted by Gasteiger charge is -2.26. The first-order valence-corrected chi connectivity index (χ1v) is 6.08. The molecule has 0 spiro atoms. The summed E-state index contributed by atoms with van der Waals surface area (Å²) in [6.45, 7) is 1.43. The molecule has 15 heavy (non-hydrogen) atoms. The summed E-state index contributed by atoms with van der Waals surface area (Å²) < 4.78 is 25.7. The fourth-order valence-corrected chi connectivity index (χ4v) is 3.34. The predicted molar refractivity (Wildman–Crippen MR) is 58.5 cm³/mol. The third-order valence-electron chi connectivity index (χ3n) is 3.10. The van der Waals surface area contributed by atoms with Crippen LogP contribution in [-0.2, 0) is 18.4 Å². The van der Waals surface area contributed by atoms with Gasteiger partial charge in [0.2, 0.25) is 0 Å². The molecule has 1 aromatic heterocycles. The Morgan fingerprint density at radius 1 is 1.40 bits per heavy atom. The third-order valence-corrected chi connectivity index (χ3v) is 4.18. The van der Waals surface area contributed by atoms with Gasteiger partial charge in [-0.25, -0.2) is 8.78 Å². The zero-order chi connectivity index (χ0) is 11.1. The second-order valence-electron chi connectivity index (χ2n) is 4.34. The van der Waals surface area contributed by atoms with Gasteiger partial charge in [0.25, 0.3) is 6.43 Å².